The summed E-state index contributed by atoms with van der Waals surface area (Å²) in [6.07, 6.45) is 5.43. The molecule has 1 fully saturated rings. The van der Waals surface area contributed by atoms with Gasteiger partial charge in [0.1, 0.15) is 0 Å². The van der Waals surface area contributed by atoms with Crippen molar-refractivity contribution in [3.05, 3.63) is 35.2 Å². The van der Waals surface area contributed by atoms with E-state index in [1.807, 2.05) is 11.3 Å². The van der Waals surface area contributed by atoms with Crippen molar-refractivity contribution >= 4 is 21.4 Å². The van der Waals surface area contributed by atoms with Gasteiger partial charge in [-0.05, 0) is 49.2 Å². The highest BCUT2D eigenvalue weighted by molar-refractivity contribution is 7.19. The van der Waals surface area contributed by atoms with Gasteiger partial charge in [-0.1, -0.05) is 31.5 Å². The summed E-state index contributed by atoms with van der Waals surface area (Å²) in [5, 5.41) is 5.16. The molecule has 1 aliphatic carbocycles. The normalized spacial score (nSPS) is 17.8. The van der Waals surface area contributed by atoms with Crippen LogP contribution in [0.1, 0.15) is 43.5 Å². The van der Waals surface area contributed by atoms with Gasteiger partial charge in [-0.3, -0.25) is 0 Å². The third-order valence-electron chi connectivity index (χ3n) is 3.99. The first-order valence-corrected chi connectivity index (χ1v) is 7.92. The van der Waals surface area contributed by atoms with Crippen LogP contribution in [0.4, 0.5) is 0 Å². The van der Waals surface area contributed by atoms with E-state index in [-0.39, 0.29) is 0 Å². The van der Waals surface area contributed by atoms with Gasteiger partial charge < -0.3 is 5.32 Å². The maximum Gasteiger partial charge on any atom is 0.0443 e. The fourth-order valence-electron chi connectivity index (χ4n) is 2.73. The van der Waals surface area contributed by atoms with Crippen LogP contribution in [-0.2, 0) is 0 Å². The molecule has 1 unspecified atom stereocenters. The average Bonchev–Trinajstić information content (AvgIpc) is 2.75. The number of rotatable bonds is 5. The SMILES string of the molecule is CCCNC(c1cc2ccccc2s1)C1CCC1. The lowest BCUT2D eigenvalue weighted by Gasteiger charge is -2.34. The maximum atomic E-state index is 3.76. The summed E-state index contributed by atoms with van der Waals surface area (Å²) in [5.74, 6) is 0.865. The molecule has 2 aromatic rings. The van der Waals surface area contributed by atoms with Crippen LogP contribution < -0.4 is 5.32 Å². The van der Waals surface area contributed by atoms with E-state index in [2.05, 4.69) is 42.6 Å². The number of nitrogens with one attached hydrogen (secondary N) is 1. The van der Waals surface area contributed by atoms with Crippen LogP contribution in [0.25, 0.3) is 10.1 Å². The lowest BCUT2D eigenvalue weighted by Crippen LogP contribution is -2.32. The van der Waals surface area contributed by atoms with Gasteiger partial charge >= 0.3 is 0 Å². The Bertz CT molecular complexity index is 480. The molecule has 3 rings (SSSR count). The average molecular weight is 259 g/mol. The minimum atomic E-state index is 0.594. The van der Waals surface area contributed by atoms with Crippen LogP contribution in [0.2, 0.25) is 0 Å². The topological polar surface area (TPSA) is 12.0 Å². The van der Waals surface area contributed by atoms with Gasteiger partial charge in [0, 0.05) is 15.6 Å². The summed E-state index contributed by atoms with van der Waals surface area (Å²) in [4.78, 5) is 1.54. The van der Waals surface area contributed by atoms with Crippen molar-refractivity contribution in [2.75, 3.05) is 6.54 Å². The van der Waals surface area contributed by atoms with E-state index in [1.54, 1.807) is 0 Å². The van der Waals surface area contributed by atoms with E-state index in [9.17, 15) is 0 Å². The van der Waals surface area contributed by atoms with Crippen LogP contribution in [-0.4, -0.2) is 6.54 Å². The zero-order valence-electron chi connectivity index (χ0n) is 11.0. The van der Waals surface area contributed by atoms with Crippen molar-refractivity contribution in [3.63, 3.8) is 0 Å². The molecule has 0 radical (unpaired) electrons. The molecule has 1 aromatic heterocycles. The summed E-state index contributed by atoms with van der Waals surface area (Å²) in [6.45, 7) is 3.38. The Balaban J connectivity index is 1.87. The van der Waals surface area contributed by atoms with Gasteiger partial charge in [-0.2, -0.15) is 0 Å². The molecule has 1 N–H and O–H groups in total. The predicted octanol–water partition coefficient (Wildman–Crippen LogP) is 4.74. The van der Waals surface area contributed by atoms with E-state index < -0.39 is 0 Å². The third kappa shape index (κ3) is 2.32. The monoisotopic (exact) mass is 259 g/mol. The van der Waals surface area contributed by atoms with E-state index in [4.69, 9.17) is 0 Å². The van der Waals surface area contributed by atoms with Crippen LogP contribution in [0, 0.1) is 5.92 Å². The first kappa shape index (κ1) is 12.2. The molecule has 0 aliphatic heterocycles. The largest absolute Gasteiger partial charge is 0.309 e. The Morgan fingerprint density at radius 1 is 1.33 bits per heavy atom. The van der Waals surface area contributed by atoms with Crippen molar-refractivity contribution < 1.29 is 0 Å². The van der Waals surface area contributed by atoms with Gasteiger partial charge in [0.15, 0.2) is 0 Å². The molecular weight excluding hydrogens is 238 g/mol. The van der Waals surface area contributed by atoms with Gasteiger partial charge in [0.2, 0.25) is 0 Å². The summed E-state index contributed by atoms with van der Waals surface area (Å²) in [7, 11) is 0. The third-order valence-corrected chi connectivity index (χ3v) is 5.19. The molecule has 0 bridgehead atoms. The summed E-state index contributed by atoms with van der Waals surface area (Å²) >= 11 is 1.97. The molecule has 0 amide bonds. The zero-order valence-corrected chi connectivity index (χ0v) is 11.8. The van der Waals surface area contributed by atoms with Gasteiger partial charge in [0.05, 0.1) is 0 Å². The number of thiophene rings is 1. The molecule has 18 heavy (non-hydrogen) atoms. The number of fused-ring (bicyclic) bond motifs is 1. The van der Waals surface area contributed by atoms with Crippen molar-refractivity contribution in [1.29, 1.82) is 0 Å². The Morgan fingerprint density at radius 3 is 2.83 bits per heavy atom. The van der Waals surface area contributed by atoms with Crippen molar-refractivity contribution in [3.8, 4) is 0 Å². The molecule has 0 spiro atoms. The molecule has 1 saturated carbocycles. The molecule has 96 valence electrons. The highest BCUT2D eigenvalue weighted by Gasteiger charge is 2.29. The smallest absolute Gasteiger partial charge is 0.0443 e. The van der Waals surface area contributed by atoms with Crippen LogP contribution >= 0.6 is 11.3 Å². The standard InChI is InChI=1S/C16H21NS/c1-2-10-17-16(12-7-5-8-12)15-11-13-6-3-4-9-14(13)18-15/h3-4,6,9,11-12,16-17H,2,5,7-8,10H2,1H3. The van der Waals surface area contributed by atoms with Crippen LogP contribution in [0.15, 0.2) is 30.3 Å². The quantitative estimate of drug-likeness (QED) is 0.817. The highest BCUT2D eigenvalue weighted by Crippen LogP contribution is 2.41. The Morgan fingerprint density at radius 2 is 2.17 bits per heavy atom. The minimum absolute atomic E-state index is 0.594. The molecule has 1 nitrogen and oxygen atoms in total. The first-order valence-electron chi connectivity index (χ1n) is 7.10. The van der Waals surface area contributed by atoms with Gasteiger partial charge in [-0.25, -0.2) is 0 Å². The fraction of sp³-hybridized carbons (Fsp3) is 0.500. The highest BCUT2D eigenvalue weighted by atomic mass is 32.1. The first-order chi connectivity index (χ1) is 8.88. The fourth-order valence-corrected chi connectivity index (χ4v) is 3.96. The Hall–Kier alpha value is -0.860. The molecule has 1 aromatic carbocycles. The van der Waals surface area contributed by atoms with Gasteiger partial charge in [-0.15, -0.1) is 11.3 Å². The number of benzene rings is 1. The molecule has 2 heteroatoms. The molecule has 1 aliphatic rings. The van der Waals surface area contributed by atoms with Crippen molar-refractivity contribution in [2.24, 2.45) is 5.92 Å². The molecule has 1 heterocycles. The lowest BCUT2D eigenvalue weighted by molar-refractivity contribution is 0.234. The van der Waals surface area contributed by atoms with E-state index in [0.29, 0.717) is 6.04 Å². The Kier molecular flexibility index (Phi) is 3.67. The predicted molar refractivity (Wildman–Crippen MR) is 80.2 cm³/mol. The van der Waals surface area contributed by atoms with Crippen LogP contribution in [0.5, 0.6) is 0 Å². The number of hydrogen-bond donors (Lipinski definition) is 1. The van der Waals surface area contributed by atoms with Crippen molar-refractivity contribution in [1.82, 2.24) is 5.32 Å². The maximum absolute atomic E-state index is 3.76. The Labute approximate surface area is 113 Å². The second kappa shape index (κ2) is 5.41. The lowest BCUT2D eigenvalue weighted by atomic mass is 9.79. The van der Waals surface area contributed by atoms with Crippen molar-refractivity contribution in [2.45, 2.75) is 38.6 Å². The molecular formula is C16H21NS. The molecule has 0 saturated heterocycles. The molecule has 1 atom stereocenters. The summed E-state index contributed by atoms with van der Waals surface area (Å²) < 4.78 is 1.43. The minimum Gasteiger partial charge on any atom is -0.309 e. The summed E-state index contributed by atoms with van der Waals surface area (Å²) in [5.41, 5.74) is 0. The zero-order chi connectivity index (χ0) is 12.4. The van der Waals surface area contributed by atoms with Gasteiger partial charge in [0.25, 0.3) is 0 Å². The summed E-state index contributed by atoms with van der Waals surface area (Å²) in [6, 6.07) is 11.7. The van der Waals surface area contributed by atoms with E-state index in [1.165, 1.54) is 40.6 Å². The second-order valence-electron chi connectivity index (χ2n) is 5.31. The number of hydrogen-bond acceptors (Lipinski definition) is 2. The second-order valence-corrected chi connectivity index (χ2v) is 6.42. The van der Waals surface area contributed by atoms with E-state index in [0.717, 1.165) is 12.5 Å². The van der Waals surface area contributed by atoms with E-state index >= 15 is 0 Å². The van der Waals surface area contributed by atoms with Crippen LogP contribution in [0.3, 0.4) is 0 Å².